The van der Waals surface area contributed by atoms with Gasteiger partial charge in [-0.05, 0) is 84.9 Å². The van der Waals surface area contributed by atoms with Crippen molar-refractivity contribution in [2.45, 2.75) is 149 Å². The molecule has 1 unspecified atom stereocenters. The minimum Gasteiger partial charge on any atom is -0.363 e. The number of imide groups is 1. The van der Waals surface area contributed by atoms with Gasteiger partial charge in [0.25, 0.3) is 5.91 Å². The third kappa shape index (κ3) is 8.25. The van der Waals surface area contributed by atoms with E-state index in [0.717, 1.165) is 70.6 Å². The van der Waals surface area contributed by atoms with Crippen molar-refractivity contribution in [3.8, 4) is 0 Å². The van der Waals surface area contributed by atoms with Crippen LogP contribution in [0.2, 0.25) is 0 Å². The molecule has 2 saturated heterocycles. The third-order valence-electron chi connectivity index (χ3n) is 13.5. The third-order valence-corrected chi connectivity index (χ3v) is 13.5. The van der Waals surface area contributed by atoms with Crippen LogP contribution >= 0.6 is 0 Å². The minimum atomic E-state index is -1.02. The van der Waals surface area contributed by atoms with Crippen LogP contribution < -0.4 is 16.4 Å². The number of Topliss-reactive ketones (excluding diaryl/α,β-unsaturated/α-hetero) is 2. The number of nitrogens with zero attached hydrogens (tertiary/aromatic N) is 2. The summed E-state index contributed by atoms with van der Waals surface area (Å²) >= 11 is 0. The molecule has 6 amide bonds. The van der Waals surface area contributed by atoms with Crippen LogP contribution in [0.25, 0.3) is 0 Å². The van der Waals surface area contributed by atoms with Gasteiger partial charge in [0, 0.05) is 38.3 Å². The Kier molecular flexibility index (Phi) is 10.7. The van der Waals surface area contributed by atoms with Crippen LogP contribution in [-0.4, -0.2) is 82.2 Å². The number of ketones is 2. The Bertz CT molecular complexity index is 1450. The molecule has 0 bridgehead atoms. The Morgan fingerprint density at radius 2 is 1.52 bits per heavy atom. The van der Waals surface area contributed by atoms with E-state index in [0.29, 0.717) is 18.9 Å². The van der Waals surface area contributed by atoms with Crippen LogP contribution in [0, 0.1) is 45.8 Å². The van der Waals surface area contributed by atoms with Gasteiger partial charge in [0.2, 0.25) is 23.5 Å². The topological polar surface area (TPSA) is 176 Å². The first-order valence-corrected chi connectivity index (χ1v) is 20.0. The number of nitrogens with one attached hydrogen (secondary N) is 2. The summed E-state index contributed by atoms with van der Waals surface area (Å²) in [6.45, 7) is 10.1. The van der Waals surface area contributed by atoms with Crippen molar-refractivity contribution in [3.05, 3.63) is 0 Å². The van der Waals surface area contributed by atoms with Gasteiger partial charge in [-0.2, -0.15) is 0 Å². The summed E-state index contributed by atoms with van der Waals surface area (Å²) in [7, 11) is 0. The summed E-state index contributed by atoms with van der Waals surface area (Å²) in [6.07, 6.45) is 11.3. The molecule has 2 aliphatic heterocycles. The zero-order chi connectivity index (χ0) is 37.7. The van der Waals surface area contributed by atoms with E-state index >= 15 is 0 Å². The highest BCUT2D eigenvalue weighted by Crippen LogP contribution is 2.66. The lowest BCUT2D eigenvalue weighted by Gasteiger charge is -2.40. The van der Waals surface area contributed by atoms with E-state index in [1.807, 2.05) is 34.6 Å². The maximum atomic E-state index is 14.9. The lowest BCUT2D eigenvalue weighted by molar-refractivity contribution is -0.153. The maximum absolute atomic E-state index is 14.9. The van der Waals surface area contributed by atoms with Gasteiger partial charge in [0.05, 0.1) is 12.1 Å². The molecular formula is C40H61N5O7. The van der Waals surface area contributed by atoms with Crippen LogP contribution in [0.15, 0.2) is 0 Å². The number of fused-ring (bicyclic) bond motifs is 2. The number of carbonyl (C=O) groups is 7. The Morgan fingerprint density at radius 1 is 0.885 bits per heavy atom. The van der Waals surface area contributed by atoms with E-state index < -0.39 is 52.6 Å². The second-order valence-electron chi connectivity index (χ2n) is 19.2. The fourth-order valence-electron chi connectivity index (χ4n) is 10.1. The maximum Gasteiger partial charge on any atom is 0.315 e. The molecule has 0 aromatic heterocycles. The molecule has 6 atom stereocenters. The molecular weight excluding hydrogens is 662 g/mol. The number of primary amides is 1. The predicted molar refractivity (Wildman–Crippen MR) is 193 cm³/mol. The molecule has 4 aliphatic carbocycles. The van der Waals surface area contributed by atoms with Gasteiger partial charge >= 0.3 is 6.03 Å². The first-order valence-electron chi connectivity index (χ1n) is 20.0. The number of rotatable bonds is 13. The summed E-state index contributed by atoms with van der Waals surface area (Å²) in [5.74, 6) is -3.09. The monoisotopic (exact) mass is 723 g/mol. The standard InChI is InChI=1S/C40H61N5O7/c1-38(2,3)29(22-44-30(47)19-39(4,5)20-31(44)48)42-37(52)43-32(24-9-7-6-8-10-24)36(51)45-21-27-26(13-14-40(27)15-16-40)33(45)28(46)18-25(17-23-11-12-23)34(49)35(41)50/h23-27,29,32-33H,6-22H2,1-5H3,(H2,41,50)(H2,42,43,52)/t25?,26-,27-,29+,32-,33-/m0/s1. The van der Waals surface area contributed by atoms with E-state index in [2.05, 4.69) is 10.6 Å². The number of hydrogen-bond donors (Lipinski definition) is 3. The zero-order valence-corrected chi connectivity index (χ0v) is 32.0. The Hall–Kier alpha value is -3.31. The quantitative estimate of drug-likeness (QED) is 0.188. The van der Waals surface area contributed by atoms with Crippen molar-refractivity contribution in [3.63, 3.8) is 0 Å². The van der Waals surface area contributed by atoms with Crippen molar-refractivity contribution < 1.29 is 33.6 Å². The molecule has 288 valence electrons. The van der Waals surface area contributed by atoms with Gasteiger partial charge in [-0.1, -0.05) is 66.7 Å². The summed E-state index contributed by atoms with van der Waals surface area (Å²) in [6, 6.07) is -2.69. The molecule has 1 spiro atoms. The van der Waals surface area contributed by atoms with Gasteiger partial charge in [0.15, 0.2) is 5.78 Å². The molecule has 52 heavy (non-hydrogen) atoms. The molecule has 0 aromatic rings. The van der Waals surface area contributed by atoms with Crippen molar-refractivity contribution in [2.24, 2.45) is 51.6 Å². The van der Waals surface area contributed by atoms with Gasteiger partial charge in [-0.25, -0.2) is 4.79 Å². The number of nitrogens with two attached hydrogens (primary N) is 1. The molecule has 6 rings (SSSR count). The van der Waals surface area contributed by atoms with Gasteiger partial charge in [0.1, 0.15) is 6.04 Å². The SMILES string of the molecule is CC1(C)CC(=O)N(C[C@@H](NC(=O)N[C@H](C(=O)N2C[C@H]3[C@H](CCC34CC4)[C@H]2C(=O)CC(CC2CC2)C(=O)C(N)=O)C2CCCCC2)C(C)(C)C)C(=O)C1. The first kappa shape index (κ1) is 38.4. The molecule has 4 N–H and O–H groups in total. The van der Waals surface area contributed by atoms with Crippen LogP contribution in [0.4, 0.5) is 4.79 Å². The number of piperidine rings is 1. The van der Waals surface area contributed by atoms with Crippen molar-refractivity contribution >= 4 is 41.2 Å². The largest absolute Gasteiger partial charge is 0.363 e. The summed E-state index contributed by atoms with van der Waals surface area (Å²) in [4.78, 5) is 97.2. The number of hydrogen-bond acceptors (Lipinski definition) is 7. The van der Waals surface area contributed by atoms with Crippen LogP contribution in [-0.2, 0) is 28.8 Å². The van der Waals surface area contributed by atoms with E-state index in [9.17, 15) is 33.6 Å². The first-order chi connectivity index (χ1) is 24.4. The lowest BCUT2D eigenvalue weighted by Crippen LogP contribution is -2.61. The highest BCUT2D eigenvalue weighted by Gasteiger charge is 2.63. The van der Waals surface area contributed by atoms with Gasteiger partial charge in [-0.3, -0.25) is 33.7 Å². The van der Waals surface area contributed by atoms with Crippen molar-refractivity contribution in [2.75, 3.05) is 13.1 Å². The second-order valence-corrected chi connectivity index (χ2v) is 19.2. The Balaban J connectivity index is 1.22. The van der Waals surface area contributed by atoms with Crippen molar-refractivity contribution in [1.29, 1.82) is 0 Å². The normalized spacial score (nSPS) is 28.6. The van der Waals surface area contributed by atoms with Crippen LogP contribution in [0.1, 0.15) is 131 Å². The van der Waals surface area contributed by atoms with E-state index in [1.165, 1.54) is 4.90 Å². The highest BCUT2D eigenvalue weighted by molar-refractivity contribution is 6.36. The molecule has 12 nitrogen and oxygen atoms in total. The molecule has 0 radical (unpaired) electrons. The zero-order valence-electron chi connectivity index (χ0n) is 32.0. The van der Waals surface area contributed by atoms with Gasteiger partial charge < -0.3 is 21.3 Å². The minimum absolute atomic E-state index is 0.0140. The molecule has 2 heterocycles. The van der Waals surface area contributed by atoms with Crippen molar-refractivity contribution in [1.82, 2.24) is 20.4 Å². The molecule has 4 saturated carbocycles. The summed E-state index contributed by atoms with van der Waals surface area (Å²) in [5.41, 5.74) is 4.65. The smallest absolute Gasteiger partial charge is 0.315 e. The van der Waals surface area contributed by atoms with Crippen LogP contribution in [0.5, 0.6) is 0 Å². The fourth-order valence-corrected chi connectivity index (χ4v) is 10.1. The second kappa shape index (κ2) is 14.5. The van der Waals surface area contributed by atoms with Crippen LogP contribution in [0.3, 0.4) is 0 Å². The molecule has 12 heteroatoms. The molecule has 6 aliphatic rings. The molecule has 6 fully saturated rings. The van der Waals surface area contributed by atoms with E-state index in [1.54, 1.807) is 4.90 Å². The van der Waals surface area contributed by atoms with E-state index in [-0.39, 0.29) is 72.5 Å². The average molecular weight is 724 g/mol. The molecule has 0 aromatic carbocycles. The number of urea groups is 1. The number of likely N-dealkylation sites (tertiary alicyclic amines) is 2. The summed E-state index contributed by atoms with van der Waals surface area (Å²) < 4.78 is 0. The predicted octanol–water partition coefficient (Wildman–Crippen LogP) is 4.27. The number of carbonyl (C=O) groups excluding carboxylic acids is 7. The number of amides is 6. The Morgan fingerprint density at radius 3 is 2.08 bits per heavy atom. The summed E-state index contributed by atoms with van der Waals surface area (Å²) in [5, 5.41) is 6.09. The highest BCUT2D eigenvalue weighted by atomic mass is 16.2. The van der Waals surface area contributed by atoms with E-state index in [4.69, 9.17) is 5.73 Å². The fraction of sp³-hybridized carbons (Fsp3) is 0.825. The Labute approximate surface area is 308 Å². The lowest BCUT2D eigenvalue weighted by atomic mass is 9.80. The van der Waals surface area contributed by atoms with Gasteiger partial charge in [-0.15, -0.1) is 0 Å². The average Bonchev–Trinajstić information content (AvgIpc) is 3.97.